The first-order valence-electron chi connectivity index (χ1n) is 7.56. The maximum atomic E-state index is 10.4. The van der Waals surface area contributed by atoms with Crippen molar-refractivity contribution >= 4 is 23.4 Å². The van der Waals surface area contributed by atoms with Crippen LogP contribution in [-0.2, 0) is 18.0 Å². The van der Waals surface area contributed by atoms with Gasteiger partial charge in [-0.05, 0) is 24.1 Å². The van der Waals surface area contributed by atoms with E-state index in [1.165, 1.54) is 0 Å². The molecule has 0 saturated carbocycles. The molecule has 2 aromatic rings. The molecule has 1 aromatic carbocycles. The SMILES string of the molecule is Nc1nc(N2CC[C@@H](O)[C@H]2c2ccc(Cl)cc2)nc2c1COC2. The summed E-state index contributed by atoms with van der Waals surface area (Å²) in [6, 6.07) is 7.30. The maximum Gasteiger partial charge on any atom is 0.228 e. The number of nitrogens with zero attached hydrogens (tertiary/aromatic N) is 3. The molecular formula is C16H17ClN4O2. The number of hydrogen-bond acceptors (Lipinski definition) is 6. The summed E-state index contributed by atoms with van der Waals surface area (Å²) in [6.45, 7) is 1.59. The Morgan fingerprint density at radius 1 is 1.22 bits per heavy atom. The largest absolute Gasteiger partial charge is 0.391 e. The van der Waals surface area contributed by atoms with Gasteiger partial charge < -0.3 is 20.5 Å². The zero-order valence-electron chi connectivity index (χ0n) is 12.4. The Balaban J connectivity index is 1.72. The van der Waals surface area contributed by atoms with Gasteiger partial charge in [0.15, 0.2) is 0 Å². The molecule has 0 amide bonds. The van der Waals surface area contributed by atoms with Crippen LogP contribution >= 0.6 is 11.6 Å². The van der Waals surface area contributed by atoms with Gasteiger partial charge in [-0.3, -0.25) is 0 Å². The van der Waals surface area contributed by atoms with Gasteiger partial charge in [0.05, 0.1) is 31.1 Å². The minimum absolute atomic E-state index is 0.202. The number of rotatable bonds is 2. The minimum Gasteiger partial charge on any atom is -0.391 e. The molecule has 6 nitrogen and oxygen atoms in total. The standard InChI is InChI=1S/C16H17ClN4O2/c17-10-3-1-9(2-4-10)14-13(22)5-6-21(14)16-19-12-8-23-7-11(12)15(18)20-16/h1-4,13-14,22H,5-8H2,(H2,18,19,20)/t13-,14-/m1/s1. The van der Waals surface area contributed by atoms with E-state index < -0.39 is 6.10 Å². The fourth-order valence-electron chi connectivity index (χ4n) is 3.25. The number of nitrogens with two attached hydrogens (primary N) is 1. The quantitative estimate of drug-likeness (QED) is 0.875. The van der Waals surface area contributed by atoms with Crippen molar-refractivity contribution in [2.45, 2.75) is 31.8 Å². The van der Waals surface area contributed by atoms with Gasteiger partial charge in [-0.1, -0.05) is 23.7 Å². The van der Waals surface area contributed by atoms with Gasteiger partial charge in [-0.2, -0.15) is 4.98 Å². The monoisotopic (exact) mass is 332 g/mol. The van der Waals surface area contributed by atoms with E-state index >= 15 is 0 Å². The predicted octanol–water partition coefficient (Wildman–Crippen LogP) is 2.05. The van der Waals surface area contributed by atoms with Crippen molar-refractivity contribution in [3.63, 3.8) is 0 Å². The number of nitrogen functional groups attached to an aromatic ring is 1. The second kappa shape index (κ2) is 5.63. The Bertz CT molecular complexity index is 738. The summed E-state index contributed by atoms with van der Waals surface area (Å²) in [4.78, 5) is 11.0. The number of ether oxygens (including phenoxy) is 1. The number of aliphatic hydroxyl groups is 1. The summed E-state index contributed by atoms with van der Waals surface area (Å²) >= 11 is 5.96. The number of aromatic nitrogens is 2. The van der Waals surface area contributed by atoms with Crippen molar-refractivity contribution < 1.29 is 9.84 Å². The number of benzene rings is 1. The van der Waals surface area contributed by atoms with Crippen molar-refractivity contribution in [3.05, 3.63) is 46.1 Å². The topological polar surface area (TPSA) is 84.5 Å². The lowest BCUT2D eigenvalue weighted by atomic mass is 10.0. The highest BCUT2D eigenvalue weighted by Gasteiger charge is 2.36. The highest BCUT2D eigenvalue weighted by molar-refractivity contribution is 6.30. The van der Waals surface area contributed by atoms with Gasteiger partial charge in [0.2, 0.25) is 5.95 Å². The van der Waals surface area contributed by atoms with Crippen LogP contribution in [0.4, 0.5) is 11.8 Å². The molecule has 0 bridgehead atoms. The van der Waals surface area contributed by atoms with E-state index in [2.05, 4.69) is 9.97 Å². The van der Waals surface area contributed by atoms with Crippen LogP contribution in [0, 0.1) is 0 Å². The molecule has 0 radical (unpaired) electrons. The molecule has 3 heterocycles. The molecule has 1 aromatic heterocycles. The molecule has 23 heavy (non-hydrogen) atoms. The first-order valence-corrected chi connectivity index (χ1v) is 7.94. The molecular weight excluding hydrogens is 316 g/mol. The summed E-state index contributed by atoms with van der Waals surface area (Å²) in [7, 11) is 0. The van der Waals surface area contributed by atoms with Crippen LogP contribution in [-0.4, -0.2) is 27.7 Å². The fourth-order valence-corrected chi connectivity index (χ4v) is 3.38. The average Bonchev–Trinajstić information content (AvgIpc) is 3.15. The van der Waals surface area contributed by atoms with Gasteiger partial charge in [0.1, 0.15) is 5.82 Å². The van der Waals surface area contributed by atoms with E-state index in [0.29, 0.717) is 43.0 Å². The summed E-state index contributed by atoms with van der Waals surface area (Å²) in [5, 5.41) is 11.1. The van der Waals surface area contributed by atoms with Crippen LogP contribution in [0.5, 0.6) is 0 Å². The Kier molecular flexibility index (Phi) is 3.60. The summed E-state index contributed by atoms with van der Waals surface area (Å²) in [6.07, 6.45) is 0.176. The van der Waals surface area contributed by atoms with E-state index in [9.17, 15) is 5.11 Å². The van der Waals surface area contributed by atoms with Crippen molar-refractivity contribution in [1.29, 1.82) is 0 Å². The normalized spacial score (nSPS) is 23.3. The van der Waals surface area contributed by atoms with Crippen LogP contribution in [0.3, 0.4) is 0 Å². The third kappa shape index (κ3) is 2.52. The molecule has 3 N–H and O–H groups in total. The Hall–Kier alpha value is -1.89. The highest BCUT2D eigenvalue weighted by Crippen LogP contribution is 2.36. The van der Waals surface area contributed by atoms with Gasteiger partial charge in [-0.15, -0.1) is 0 Å². The van der Waals surface area contributed by atoms with Crippen molar-refractivity contribution in [1.82, 2.24) is 9.97 Å². The Morgan fingerprint density at radius 2 is 2.00 bits per heavy atom. The third-order valence-electron chi connectivity index (χ3n) is 4.43. The van der Waals surface area contributed by atoms with Crippen LogP contribution in [0.2, 0.25) is 5.02 Å². The van der Waals surface area contributed by atoms with Crippen molar-refractivity contribution in [3.8, 4) is 0 Å². The van der Waals surface area contributed by atoms with Gasteiger partial charge in [0, 0.05) is 17.1 Å². The maximum absolute atomic E-state index is 10.4. The molecule has 1 saturated heterocycles. The predicted molar refractivity (Wildman–Crippen MR) is 87.1 cm³/mol. The van der Waals surface area contributed by atoms with E-state index in [4.69, 9.17) is 22.1 Å². The van der Waals surface area contributed by atoms with Crippen molar-refractivity contribution in [2.75, 3.05) is 17.2 Å². The Morgan fingerprint density at radius 3 is 2.78 bits per heavy atom. The average molecular weight is 333 g/mol. The minimum atomic E-state index is -0.481. The molecule has 2 aliphatic rings. The lowest BCUT2D eigenvalue weighted by molar-refractivity contribution is 0.133. The van der Waals surface area contributed by atoms with Crippen molar-refractivity contribution in [2.24, 2.45) is 0 Å². The lowest BCUT2D eigenvalue weighted by Gasteiger charge is -2.27. The smallest absolute Gasteiger partial charge is 0.228 e. The second-order valence-corrected chi connectivity index (χ2v) is 6.31. The van der Waals surface area contributed by atoms with Gasteiger partial charge in [0.25, 0.3) is 0 Å². The summed E-state index contributed by atoms with van der Waals surface area (Å²) in [5.74, 6) is 1.00. The second-order valence-electron chi connectivity index (χ2n) is 5.87. The molecule has 0 aliphatic carbocycles. The molecule has 120 valence electrons. The third-order valence-corrected chi connectivity index (χ3v) is 4.68. The number of fused-ring (bicyclic) bond motifs is 1. The van der Waals surface area contributed by atoms with Crippen LogP contribution in [0.15, 0.2) is 24.3 Å². The number of halogens is 1. The molecule has 0 spiro atoms. The summed E-state index contributed by atoms with van der Waals surface area (Å²) in [5.41, 5.74) is 8.73. The molecule has 2 aliphatic heterocycles. The van der Waals surface area contributed by atoms with Crippen LogP contribution < -0.4 is 10.6 Å². The van der Waals surface area contributed by atoms with E-state index in [1.54, 1.807) is 0 Å². The molecule has 7 heteroatoms. The first kappa shape index (κ1) is 14.7. The molecule has 4 rings (SSSR count). The van der Waals surface area contributed by atoms with Gasteiger partial charge >= 0.3 is 0 Å². The van der Waals surface area contributed by atoms with Crippen LogP contribution in [0.25, 0.3) is 0 Å². The zero-order valence-corrected chi connectivity index (χ0v) is 13.2. The number of hydrogen-bond donors (Lipinski definition) is 2. The molecule has 0 unspecified atom stereocenters. The number of aliphatic hydroxyl groups excluding tert-OH is 1. The van der Waals surface area contributed by atoms with Crippen LogP contribution in [0.1, 0.15) is 29.3 Å². The molecule has 1 fully saturated rings. The van der Waals surface area contributed by atoms with E-state index in [-0.39, 0.29) is 6.04 Å². The van der Waals surface area contributed by atoms with E-state index in [0.717, 1.165) is 16.8 Å². The molecule has 2 atom stereocenters. The summed E-state index contributed by atoms with van der Waals surface area (Å²) < 4.78 is 5.39. The lowest BCUT2D eigenvalue weighted by Crippen LogP contribution is -2.29. The Labute approximate surface area is 138 Å². The first-order chi connectivity index (χ1) is 11.1. The zero-order chi connectivity index (χ0) is 16.0. The van der Waals surface area contributed by atoms with E-state index in [1.807, 2.05) is 29.2 Å². The highest BCUT2D eigenvalue weighted by atomic mass is 35.5. The van der Waals surface area contributed by atoms with Gasteiger partial charge in [-0.25, -0.2) is 4.98 Å². The number of anilines is 2. The fraction of sp³-hybridized carbons (Fsp3) is 0.375.